The summed E-state index contributed by atoms with van der Waals surface area (Å²) in [4.78, 5) is -1.46. The fourth-order valence-electron chi connectivity index (χ4n) is 4.62. The minimum atomic E-state index is -4.93. The molecule has 2 N–H and O–H groups in total. The first-order valence-electron chi connectivity index (χ1n) is 12.1. The maximum absolute atomic E-state index is 12.3. The summed E-state index contributed by atoms with van der Waals surface area (Å²) in [6.07, 6.45) is 11.4. The first-order valence-corrected chi connectivity index (χ1v) is 14.9. The molecule has 0 bridgehead atoms. The lowest BCUT2D eigenvalue weighted by Gasteiger charge is -2.15. The molecule has 0 aromatic heterocycles. The minimum absolute atomic E-state index is 0.0700. The first kappa shape index (κ1) is 26.6. The van der Waals surface area contributed by atoms with Gasteiger partial charge in [0.15, 0.2) is 0 Å². The predicted molar refractivity (Wildman–Crippen MR) is 137 cm³/mol. The summed E-state index contributed by atoms with van der Waals surface area (Å²) >= 11 is 0. The average molecular weight is 507 g/mol. The standard InChI is InChI=1S/C26H34O6S2/c1-2-3-4-5-6-7-8-9-10-11-16-22-18-23-17-20-14-12-13-15-21(20)19-24(23)26(34(30,31)32)25(22)33(27,28)29/h12-15,17-19H,2-11,16H2,1H3,(H,27,28,29)(H,30,31,32). The van der Waals surface area contributed by atoms with E-state index in [0.717, 1.165) is 24.6 Å². The maximum atomic E-state index is 12.3. The van der Waals surface area contributed by atoms with Gasteiger partial charge in [0.1, 0.15) is 9.79 Å². The van der Waals surface area contributed by atoms with Crippen molar-refractivity contribution in [3.8, 4) is 0 Å². The number of fused-ring (bicyclic) bond motifs is 2. The molecule has 0 saturated carbocycles. The molecule has 3 rings (SSSR count). The second-order valence-corrected chi connectivity index (χ2v) is 11.7. The van der Waals surface area contributed by atoms with Crippen molar-refractivity contribution in [2.45, 2.75) is 87.3 Å². The summed E-state index contributed by atoms with van der Waals surface area (Å²) in [6.45, 7) is 2.20. The molecule has 6 nitrogen and oxygen atoms in total. The Balaban J connectivity index is 1.87. The third-order valence-electron chi connectivity index (χ3n) is 6.31. The molecule has 0 unspecified atom stereocenters. The third-order valence-corrected chi connectivity index (χ3v) is 8.36. The Morgan fingerprint density at radius 2 is 1.12 bits per heavy atom. The van der Waals surface area contributed by atoms with Crippen LogP contribution in [0.5, 0.6) is 0 Å². The van der Waals surface area contributed by atoms with Crippen LogP contribution >= 0.6 is 0 Å². The van der Waals surface area contributed by atoms with Gasteiger partial charge in [-0.25, -0.2) is 0 Å². The lowest BCUT2D eigenvalue weighted by atomic mass is 9.98. The van der Waals surface area contributed by atoms with Gasteiger partial charge in [0.2, 0.25) is 0 Å². The highest BCUT2D eigenvalue weighted by Crippen LogP contribution is 2.36. The Bertz CT molecular complexity index is 1340. The van der Waals surface area contributed by atoms with Crippen LogP contribution in [0.25, 0.3) is 21.5 Å². The fourth-order valence-corrected chi connectivity index (χ4v) is 6.91. The Morgan fingerprint density at radius 3 is 1.65 bits per heavy atom. The Morgan fingerprint density at radius 1 is 0.618 bits per heavy atom. The molecule has 0 aliphatic carbocycles. The summed E-state index contributed by atoms with van der Waals surface area (Å²) in [5, 5.41) is 2.13. The Kier molecular flexibility index (Phi) is 9.09. The molecule has 34 heavy (non-hydrogen) atoms. The lowest BCUT2D eigenvalue weighted by molar-refractivity contribution is 0.466. The number of rotatable bonds is 13. The normalized spacial score (nSPS) is 12.6. The van der Waals surface area contributed by atoms with Crippen LogP contribution in [0, 0.1) is 0 Å². The SMILES string of the molecule is CCCCCCCCCCCCc1cc2cc3ccccc3cc2c(S(=O)(=O)O)c1S(=O)(=O)O. The topological polar surface area (TPSA) is 109 Å². The van der Waals surface area contributed by atoms with E-state index in [2.05, 4.69) is 6.92 Å². The van der Waals surface area contributed by atoms with E-state index in [4.69, 9.17) is 0 Å². The minimum Gasteiger partial charge on any atom is -0.282 e. The second-order valence-electron chi connectivity index (χ2n) is 9.00. The summed E-state index contributed by atoms with van der Waals surface area (Å²) in [5.41, 5.74) is 0.206. The molecule has 0 atom stereocenters. The molecule has 0 heterocycles. The van der Waals surface area contributed by atoms with Crippen molar-refractivity contribution in [1.82, 2.24) is 0 Å². The van der Waals surface area contributed by atoms with E-state index in [9.17, 15) is 25.9 Å². The van der Waals surface area contributed by atoms with Crippen molar-refractivity contribution in [3.05, 3.63) is 48.0 Å². The van der Waals surface area contributed by atoms with Crippen LogP contribution in [0.3, 0.4) is 0 Å². The number of hydrogen-bond acceptors (Lipinski definition) is 4. The van der Waals surface area contributed by atoms with E-state index in [0.29, 0.717) is 17.2 Å². The molecule has 3 aromatic rings. The van der Waals surface area contributed by atoms with Gasteiger partial charge in [-0.05, 0) is 52.8 Å². The van der Waals surface area contributed by atoms with Crippen molar-refractivity contribution in [1.29, 1.82) is 0 Å². The van der Waals surface area contributed by atoms with Crippen LogP contribution in [-0.4, -0.2) is 25.9 Å². The van der Waals surface area contributed by atoms with Gasteiger partial charge in [-0.15, -0.1) is 0 Å². The fraction of sp³-hybridized carbons (Fsp3) is 0.462. The van der Waals surface area contributed by atoms with Crippen LogP contribution in [0.1, 0.15) is 76.7 Å². The van der Waals surface area contributed by atoms with Gasteiger partial charge in [-0.2, -0.15) is 16.8 Å². The number of benzene rings is 3. The van der Waals surface area contributed by atoms with Gasteiger partial charge >= 0.3 is 0 Å². The van der Waals surface area contributed by atoms with Gasteiger partial charge in [0, 0.05) is 5.39 Å². The molecule has 0 amide bonds. The van der Waals surface area contributed by atoms with E-state index in [1.807, 2.05) is 12.1 Å². The lowest BCUT2D eigenvalue weighted by Crippen LogP contribution is -2.12. The molecule has 0 aliphatic heterocycles. The molecular weight excluding hydrogens is 472 g/mol. The molecule has 0 spiro atoms. The van der Waals surface area contributed by atoms with Crippen LogP contribution in [0.4, 0.5) is 0 Å². The van der Waals surface area contributed by atoms with Crippen LogP contribution in [-0.2, 0) is 26.7 Å². The molecule has 0 saturated heterocycles. The van der Waals surface area contributed by atoms with Gasteiger partial charge < -0.3 is 0 Å². The first-order chi connectivity index (χ1) is 16.1. The third kappa shape index (κ3) is 6.78. The smallest absolute Gasteiger partial charge is 0.282 e. The largest absolute Gasteiger partial charge is 0.296 e. The molecule has 0 radical (unpaired) electrons. The van der Waals surface area contributed by atoms with Crippen LogP contribution < -0.4 is 0 Å². The molecule has 0 fully saturated rings. The summed E-state index contributed by atoms with van der Waals surface area (Å²) in [6, 6.07) is 12.2. The molecule has 186 valence electrons. The highest BCUT2D eigenvalue weighted by Gasteiger charge is 2.30. The second kappa shape index (κ2) is 11.6. The summed E-state index contributed by atoms with van der Waals surface area (Å²) in [5.74, 6) is 0. The van der Waals surface area contributed by atoms with E-state index in [1.54, 1.807) is 24.3 Å². The van der Waals surface area contributed by atoms with Crippen molar-refractivity contribution < 1.29 is 25.9 Å². The number of hydrogen-bond donors (Lipinski definition) is 2. The summed E-state index contributed by atoms with van der Waals surface area (Å²) in [7, 11) is -9.82. The van der Waals surface area contributed by atoms with E-state index < -0.39 is 30.0 Å². The van der Waals surface area contributed by atoms with E-state index in [-0.39, 0.29) is 17.4 Å². The molecular formula is C26H34O6S2. The highest BCUT2D eigenvalue weighted by molar-refractivity contribution is 7.89. The van der Waals surface area contributed by atoms with Crippen molar-refractivity contribution >= 4 is 41.8 Å². The summed E-state index contributed by atoms with van der Waals surface area (Å²) < 4.78 is 69.1. The molecule has 0 aliphatic rings. The zero-order chi connectivity index (χ0) is 24.8. The Hall–Kier alpha value is -2.00. The molecule has 8 heteroatoms. The van der Waals surface area contributed by atoms with Gasteiger partial charge in [-0.3, -0.25) is 9.11 Å². The van der Waals surface area contributed by atoms with E-state index >= 15 is 0 Å². The number of unbranched alkanes of at least 4 members (excludes halogenated alkanes) is 9. The van der Waals surface area contributed by atoms with Crippen LogP contribution in [0.2, 0.25) is 0 Å². The zero-order valence-corrected chi connectivity index (χ0v) is 21.3. The van der Waals surface area contributed by atoms with Crippen molar-refractivity contribution in [2.75, 3.05) is 0 Å². The predicted octanol–water partition coefficient (Wildman–Crippen LogP) is 6.95. The van der Waals surface area contributed by atoms with E-state index in [1.165, 1.54) is 44.6 Å². The van der Waals surface area contributed by atoms with Crippen LogP contribution in [0.15, 0.2) is 52.3 Å². The van der Waals surface area contributed by atoms with Gasteiger partial charge in [-0.1, -0.05) is 89.0 Å². The number of aryl methyl sites for hydroxylation is 1. The highest BCUT2D eigenvalue weighted by atomic mass is 32.2. The monoisotopic (exact) mass is 506 g/mol. The maximum Gasteiger partial charge on any atom is 0.296 e. The molecule has 3 aromatic carbocycles. The zero-order valence-electron chi connectivity index (χ0n) is 19.7. The van der Waals surface area contributed by atoms with Gasteiger partial charge in [0.05, 0.1) is 0 Å². The average Bonchev–Trinajstić information content (AvgIpc) is 2.76. The quantitative estimate of drug-likeness (QED) is 0.147. The Labute approximate surface area is 202 Å². The van der Waals surface area contributed by atoms with Gasteiger partial charge in [0.25, 0.3) is 20.2 Å². The van der Waals surface area contributed by atoms with Crippen molar-refractivity contribution in [2.24, 2.45) is 0 Å². The van der Waals surface area contributed by atoms with Crippen molar-refractivity contribution in [3.63, 3.8) is 0 Å².